The molecule has 0 aliphatic carbocycles. The summed E-state index contributed by atoms with van der Waals surface area (Å²) in [6, 6.07) is 4.81. The summed E-state index contributed by atoms with van der Waals surface area (Å²) in [7, 11) is 3.27. The number of aryl methyl sites for hydroxylation is 1. The molecule has 0 bridgehead atoms. The maximum atomic E-state index is 13.7. The second kappa shape index (κ2) is 4.78. The van der Waals surface area contributed by atoms with Gasteiger partial charge in [-0.05, 0) is 30.7 Å². The van der Waals surface area contributed by atoms with Crippen LogP contribution in [0, 0.1) is 12.7 Å². The predicted octanol–water partition coefficient (Wildman–Crippen LogP) is 2.00. The lowest BCUT2D eigenvalue weighted by Gasteiger charge is -2.04. The molecule has 4 nitrogen and oxygen atoms in total. The van der Waals surface area contributed by atoms with Crippen molar-refractivity contribution in [2.75, 3.05) is 7.11 Å². The molecule has 0 aliphatic heterocycles. The molecule has 0 spiro atoms. The zero-order valence-electron chi connectivity index (χ0n) is 10.7. The average molecular weight is 249 g/mol. The summed E-state index contributed by atoms with van der Waals surface area (Å²) in [5, 5.41) is 4.38. The van der Waals surface area contributed by atoms with Crippen LogP contribution in [0.4, 0.5) is 4.39 Å². The van der Waals surface area contributed by atoms with Crippen LogP contribution in [0.5, 0.6) is 5.75 Å². The largest absolute Gasteiger partial charge is 0.494 e. The van der Waals surface area contributed by atoms with Gasteiger partial charge >= 0.3 is 0 Å². The van der Waals surface area contributed by atoms with Crippen LogP contribution in [-0.2, 0) is 13.6 Å². The Morgan fingerprint density at radius 2 is 2.17 bits per heavy atom. The van der Waals surface area contributed by atoms with Crippen LogP contribution < -0.4 is 10.5 Å². The standard InChI is InChI=1S/C13H16FN3O/c1-8-11(7-15)17(2)16-13(8)9-4-5-12(18-3)10(14)6-9/h4-6H,7,15H2,1-3H3. The smallest absolute Gasteiger partial charge is 0.165 e. The van der Waals surface area contributed by atoms with Crippen LogP contribution in [0.3, 0.4) is 0 Å². The van der Waals surface area contributed by atoms with Gasteiger partial charge in [0.15, 0.2) is 11.6 Å². The lowest BCUT2D eigenvalue weighted by molar-refractivity contribution is 0.386. The summed E-state index contributed by atoms with van der Waals surface area (Å²) < 4.78 is 20.3. The first-order valence-electron chi connectivity index (χ1n) is 5.65. The van der Waals surface area contributed by atoms with Crippen molar-refractivity contribution in [3.05, 3.63) is 35.3 Å². The van der Waals surface area contributed by atoms with E-state index in [9.17, 15) is 4.39 Å². The maximum absolute atomic E-state index is 13.7. The molecule has 2 aromatic rings. The minimum Gasteiger partial charge on any atom is -0.494 e. The Bertz CT molecular complexity index is 578. The highest BCUT2D eigenvalue weighted by atomic mass is 19.1. The molecule has 2 rings (SSSR count). The third-order valence-electron chi connectivity index (χ3n) is 3.05. The van der Waals surface area contributed by atoms with Gasteiger partial charge < -0.3 is 10.5 Å². The lowest BCUT2D eigenvalue weighted by Crippen LogP contribution is -2.05. The predicted molar refractivity (Wildman–Crippen MR) is 67.8 cm³/mol. The van der Waals surface area contributed by atoms with Crippen molar-refractivity contribution >= 4 is 0 Å². The second-order valence-electron chi connectivity index (χ2n) is 4.10. The molecule has 5 heteroatoms. The molecular formula is C13H16FN3O. The van der Waals surface area contributed by atoms with E-state index >= 15 is 0 Å². The van der Waals surface area contributed by atoms with Gasteiger partial charge in [-0.1, -0.05) is 0 Å². The Morgan fingerprint density at radius 3 is 2.67 bits per heavy atom. The Kier molecular flexibility index (Phi) is 3.34. The highest BCUT2D eigenvalue weighted by molar-refractivity contribution is 5.64. The molecule has 0 unspecified atom stereocenters. The van der Waals surface area contributed by atoms with Crippen molar-refractivity contribution in [3.8, 4) is 17.0 Å². The zero-order valence-corrected chi connectivity index (χ0v) is 10.7. The first-order valence-corrected chi connectivity index (χ1v) is 5.65. The molecule has 0 atom stereocenters. The van der Waals surface area contributed by atoms with Gasteiger partial charge in [-0.2, -0.15) is 5.10 Å². The van der Waals surface area contributed by atoms with E-state index < -0.39 is 5.82 Å². The van der Waals surface area contributed by atoms with Crippen LogP contribution in [-0.4, -0.2) is 16.9 Å². The number of nitrogens with two attached hydrogens (primary N) is 1. The van der Waals surface area contributed by atoms with Crippen molar-refractivity contribution in [1.29, 1.82) is 0 Å². The quantitative estimate of drug-likeness (QED) is 0.905. The summed E-state index contributed by atoms with van der Waals surface area (Å²) in [6.07, 6.45) is 0. The van der Waals surface area contributed by atoms with Crippen LogP contribution in [0.1, 0.15) is 11.3 Å². The van der Waals surface area contributed by atoms with E-state index in [4.69, 9.17) is 10.5 Å². The lowest BCUT2D eigenvalue weighted by atomic mass is 10.1. The van der Waals surface area contributed by atoms with Crippen molar-refractivity contribution in [2.24, 2.45) is 12.8 Å². The van der Waals surface area contributed by atoms with Gasteiger partial charge in [-0.25, -0.2) is 4.39 Å². The van der Waals surface area contributed by atoms with Crippen LogP contribution >= 0.6 is 0 Å². The first kappa shape index (κ1) is 12.6. The number of hydrogen-bond donors (Lipinski definition) is 1. The molecule has 0 aliphatic rings. The van der Waals surface area contributed by atoms with Gasteiger partial charge in [-0.3, -0.25) is 4.68 Å². The third kappa shape index (κ3) is 1.97. The van der Waals surface area contributed by atoms with E-state index in [2.05, 4.69) is 5.10 Å². The number of halogens is 1. The molecule has 96 valence electrons. The van der Waals surface area contributed by atoms with E-state index in [1.54, 1.807) is 16.8 Å². The van der Waals surface area contributed by atoms with Crippen molar-refractivity contribution in [3.63, 3.8) is 0 Å². The van der Waals surface area contributed by atoms with Gasteiger partial charge in [0.1, 0.15) is 0 Å². The first-order chi connectivity index (χ1) is 8.58. The minimum absolute atomic E-state index is 0.228. The summed E-state index contributed by atoms with van der Waals surface area (Å²) in [4.78, 5) is 0. The Morgan fingerprint density at radius 1 is 1.44 bits per heavy atom. The average Bonchev–Trinajstić information content (AvgIpc) is 2.64. The molecule has 0 fully saturated rings. The number of aromatic nitrogens is 2. The molecular weight excluding hydrogens is 233 g/mol. The number of ether oxygens (including phenoxy) is 1. The van der Waals surface area contributed by atoms with Crippen LogP contribution in [0.15, 0.2) is 18.2 Å². The van der Waals surface area contributed by atoms with Gasteiger partial charge in [0.2, 0.25) is 0 Å². The van der Waals surface area contributed by atoms with Gasteiger partial charge in [0.25, 0.3) is 0 Å². The van der Waals surface area contributed by atoms with E-state index in [1.807, 2.05) is 14.0 Å². The van der Waals surface area contributed by atoms with Gasteiger partial charge in [0.05, 0.1) is 18.5 Å². The topological polar surface area (TPSA) is 53.1 Å². The van der Waals surface area contributed by atoms with Gasteiger partial charge in [0, 0.05) is 19.2 Å². The molecule has 0 amide bonds. The fourth-order valence-corrected chi connectivity index (χ4v) is 2.04. The molecule has 18 heavy (non-hydrogen) atoms. The number of methoxy groups -OCH3 is 1. The fraction of sp³-hybridized carbons (Fsp3) is 0.308. The molecule has 1 aromatic carbocycles. The van der Waals surface area contributed by atoms with E-state index in [1.165, 1.54) is 13.2 Å². The molecule has 1 heterocycles. The minimum atomic E-state index is -0.394. The Hall–Kier alpha value is -1.88. The number of benzene rings is 1. The molecule has 0 saturated carbocycles. The monoisotopic (exact) mass is 249 g/mol. The summed E-state index contributed by atoms with van der Waals surface area (Å²) in [5.41, 5.74) is 9.06. The SMILES string of the molecule is COc1ccc(-c2nn(C)c(CN)c2C)cc1F. The summed E-state index contributed by atoms with van der Waals surface area (Å²) >= 11 is 0. The Labute approximate surface area is 105 Å². The van der Waals surface area contributed by atoms with Crippen molar-refractivity contribution in [1.82, 2.24) is 9.78 Å². The van der Waals surface area contributed by atoms with Crippen LogP contribution in [0.25, 0.3) is 11.3 Å². The molecule has 2 N–H and O–H groups in total. The van der Waals surface area contributed by atoms with Crippen molar-refractivity contribution in [2.45, 2.75) is 13.5 Å². The Balaban J connectivity index is 2.52. The number of nitrogens with zero attached hydrogens (tertiary/aromatic N) is 2. The van der Waals surface area contributed by atoms with E-state index in [0.717, 1.165) is 22.5 Å². The highest BCUT2D eigenvalue weighted by Gasteiger charge is 2.14. The molecule has 0 saturated heterocycles. The van der Waals surface area contributed by atoms with E-state index in [0.29, 0.717) is 6.54 Å². The normalized spacial score (nSPS) is 10.7. The highest BCUT2D eigenvalue weighted by Crippen LogP contribution is 2.28. The second-order valence-corrected chi connectivity index (χ2v) is 4.10. The maximum Gasteiger partial charge on any atom is 0.165 e. The van der Waals surface area contributed by atoms with Gasteiger partial charge in [-0.15, -0.1) is 0 Å². The zero-order chi connectivity index (χ0) is 13.3. The number of rotatable bonds is 3. The van der Waals surface area contributed by atoms with Crippen LogP contribution in [0.2, 0.25) is 0 Å². The molecule has 1 aromatic heterocycles. The number of hydrogen-bond acceptors (Lipinski definition) is 3. The van der Waals surface area contributed by atoms with E-state index in [-0.39, 0.29) is 5.75 Å². The molecule has 0 radical (unpaired) electrons. The fourth-order valence-electron chi connectivity index (χ4n) is 2.04. The summed E-state index contributed by atoms with van der Waals surface area (Å²) in [5.74, 6) is -0.166. The summed E-state index contributed by atoms with van der Waals surface area (Å²) in [6.45, 7) is 2.35. The van der Waals surface area contributed by atoms with Crippen molar-refractivity contribution < 1.29 is 9.13 Å². The third-order valence-corrected chi connectivity index (χ3v) is 3.05.